The standard InChI is InChI=1S/C14H13NO2/c1-17-14-9-5-3-7-12(14)15-10-11-6-2-4-8-13(11)16/h2-10,16H,1H3/b15-10+. The molecule has 0 aliphatic carbocycles. The van der Waals surface area contributed by atoms with Gasteiger partial charge in [0.15, 0.2) is 0 Å². The molecule has 86 valence electrons. The minimum Gasteiger partial charge on any atom is -0.507 e. The van der Waals surface area contributed by atoms with Crippen LogP contribution in [-0.2, 0) is 0 Å². The number of ether oxygens (including phenoxy) is 1. The topological polar surface area (TPSA) is 41.8 Å². The number of para-hydroxylation sites is 3. The molecule has 2 aromatic carbocycles. The summed E-state index contributed by atoms with van der Waals surface area (Å²) in [7, 11) is 1.61. The van der Waals surface area contributed by atoms with Crippen LogP contribution in [0, 0.1) is 0 Å². The van der Waals surface area contributed by atoms with Gasteiger partial charge in [0.1, 0.15) is 17.2 Å². The highest BCUT2D eigenvalue weighted by Crippen LogP contribution is 2.26. The Morgan fingerprint density at radius 1 is 1.06 bits per heavy atom. The highest BCUT2D eigenvalue weighted by molar-refractivity contribution is 5.85. The Bertz CT molecular complexity index is 535. The zero-order valence-electron chi connectivity index (χ0n) is 9.50. The fourth-order valence-electron chi connectivity index (χ4n) is 1.47. The van der Waals surface area contributed by atoms with E-state index in [0.717, 1.165) is 5.69 Å². The fraction of sp³-hybridized carbons (Fsp3) is 0.0714. The van der Waals surface area contributed by atoms with E-state index in [2.05, 4.69) is 4.99 Å². The quantitative estimate of drug-likeness (QED) is 0.818. The summed E-state index contributed by atoms with van der Waals surface area (Å²) in [5, 5.41) is 9.59. The summed E-state index contributed by atoms with van der Waals surface area (Å²) >= 11 is 0. The van der Waals surface area contributed by atoms with Gasteiger partial charge in [-0.1, -0.05) is 24.3 Å². The van der Waals surface area contributed by atoms with Crippen LogP contribution in [0.5, 0.6) is 11.5 Å². The van der Waals surface area contributed by atoms with Crippen LogP contribution >= 0.6 is 0 Å². The van der Waals surface area contributed by atoms with Gasteiger partial charge < -0.3 is 9.84 Å². The van der Waals surface area contributed by atoms with E-state index >= 15 is 0 Å². The molecular weight excluding hydrogens is 214 g/mol. The summed E-state index contributed by atoms with van der Waals surface area (Å²) < 4.78 is 5.19. The number of benzene rings is 2. The third-order valence-corrected chi connectivity index (χ3v) is 2.36. The number of phenols is 1. The molecule has 0 radical (unpaired) electrons. The van der Waals surface area contributed by atoms with Crippen molar-refractivity contribution in [1.29, 1.82) is 0 Å². The normalized spacial score (nSPS) is 10.6. The lowest BCUT2D eigenvalue weighted by molar-refractivity contribution is 0.416. The van der Waals surface area contributed by atoms with Gasteiger partial charge in [0, 0.05) is 11.8 Å². The van der Waals surface area contributed by atoms with Gasteiger partial charge in [-0.05, 0) is 24.3 Å². The Morgan fingerprint density at radius 3 is 2.53 bits per heavy atom. The summed E-state index contributed by atoms with van der Waals surface area (Å²) in [5.41, 5.74) is 1.41. The predicted octanol–water partition coefficient (Wildman–Crippen LogP) is 3.15. The Morgan fingerprint density at radius 2 is 1.76 bits per heavy atom. The third kappa shape index (κ3) is 2.64. The molecule has 0 spiro atoms. The monoisotopic (exact) mass is 227 g/mol. The molecule has 0 atom stereocenters. The molecule has 0 fully saturated rings. The van der Waals surface area contributed by atoms with Crippen LogP contribution in [0.25, 0.3) is 0 Å². The lowest BCUT2D eigenvalue weighted by Gasteiger charge is -2.03. The fourth-order valence-corrected chi connectivity index (χ4v) is 1.47. The molecule has 0 saturated carbocycles. The van der Waals surface area contributed by atoms with E-state index in [1.54, 1.807) is 31.5 Å². The molecule has 0 aromatic heterocycles. The number of hydrogen-bond donors (Lipinski definition) is 1. The number of phenolic OH excluding ortho intramolecular Hbond substituents is 1. The van der Waals surface area contributed by atoms with Crippen molar-refractivity contribution in [3.63, 3.8) is 0 Å². The van der Waals surface area contributed by atoms with Gasteiger partial charge in [-0.3, -0.25) is 4.99 Å². The van der Waals surface area contributed by atoms with Crippen LogP contribution in [0.2, 0.25) is 0 Å². The molecule has 0 aliphatic rings. The van der Waals surface area contributed by atoms with Crippen LogP contribution in [0.3, 0.4) is 0 Å². The molecule has 3 nitrogen and oxygen atoms in total. The molecule has 1 N–H and O–H groups in total. The summed E-state index contributed by atoms with van der Waals surface area (Å²) in [6.45, 7) is 0. The molecule has 0 saturated heterocycles. The Balaban J connectivity index is 2.29. The number of rotatable bonds is 3. The molecule has 17 heavy (non-hydrogen) atoms. The Hall–Kier alpha value is -2.29. The molecule has 3 heteroatoms. The highest BCUT2D eigenvalue weighted by Gasteiger charge is 1.99. The molecule has 2 aromatic rings. The second-order valence-corrected chi connectivity index (χ2v) is 3.49. The molecule has 0 unspecified atom stereocenters. The molecule has 0 bridgehead atoms. The Labute approximate surface area is 100 Å². The van der Waals surface area contributed by atoms with E-state index in [4.69, 9.17) is 4.74 Å². The first-order chi connectivity index (χ1) is 8.31. The maximum atomic E-state index is 9.59. The third-order valence-electron chi connectivity index (χ3n) is 2.36. The van der Waals surface area contributed by atoms with Crippen molar-refractivity contribution >= 4 is 11.9 Å². The van der Waals surface area contributed by atoms with Crippen LogP contribution < -0.4 is 4.74 Å². The second kappa shape index (κ2) is 5.16. The first-order valence-electron chi connectivity index (χ1n) is 5.26. The van der Waals surface area contributed by atoms with E-state index in [9.17, 15) is 5.11 Å². The number of nitrogens with zero attached hydrogens (tertiary/aromatic N) is 1. The van der Waals surface area contributed by atoms with E-state index in [-0.39, 0.29) is 5.75 Å². The van der Waals surface area contributed by atoms with Crippen molar-refractivity contribution in [2.24, 2.45) is 4.99 Å². The van der Waals surface area contributed by atoms with Gasteiger partial charge in [0.05, 0.1) is 7.11 Å². The van der Waals surface area contributed by atoms with Crippen molar-refractivity contribution in [3.8, 4) is 11.5 Å². The van der Waals surface area contributed by atoms with Crippen LogP contribution in [0.1, 0.15) is 5.56 Å². The van der Waals surface area contributed by atoms with Gasteiger partial charge in [-0.2, -0.15) is 0 Å². The largest absolute Gasteiger partial charge is 0.507 e. The molecule has 0 aliphatic heterocycles. The zero-order chi connectivity index (χ0) is 12.1. The number of aliphatic imine (C=N–C) groups is 1. The van der Waals surface area contributed by atoms with Crippen molar-refractivity contribution in [3.05, 3.63) is 54.1 Å². The van der Waals surface area contributed by atoms with Crippen molar-refractivity contribution < 1.29 is 9.84 Å². The van der Waals surface area contributed by atoms with E-state index < -0.39 is 0 Å². The summed E-state index contributed by atoms with van der Waals surface area (Å²) in [4.78, 5) is 4.30. The van der Waals surface area contributed by atoms with E-state index in [0.29, 0.717) is 11.3 Å². The van der Waals surface area contributed by atoms with E-state index in [1.807, 2.05) is 30.3 Å². The number of aromatic hydroxyl groups is 1. The van der Waals surface area contributed by atoms with Crippen molar-refractivity contribution in [2.45, 2.75) is 0 Å². The average molecular weight is 227 g/mol. The van der Waals surface area contributed by atoms with Gasteiger partial charge >= 0.3 is 0 Å². The maximum Gasteiger partial charge on any atom is 0.144 e. The summed E-state index contributed by atoms with van der Waals surface area (Å²) in [6, 6.07) is 14.5. The number of methoxy groups -OCH3 is 1. The van der Waals surface area contributed by atoms with Crippen LogP contribution in [0.15, 0.2) is 53.5 Å². The number of hydrogen-bond acceptors (Lipinski definition) is 3. The maximum absolute atomic E-state index is 9.59. The van der Waals surface area contributed by atoms with Gasteiger partial charge in [-0.15, -0.1) is 0 Å². The molecule has 0 heterocycles. The van der Waals surface area contributed by atoms with E-state index in [1.165, 1.54) is 0 Å². The molecule has 2 rings (SSSR count). The first-order valence-corrected chi connectivity index (χ1v) is 5.26. The SMILES string of the molecule is COc1ccccc1/N=C/c1ccccc1O. The lowest BCUT2D eigenvalue weighted by Crippen LogP contribution is -1.84. The average Bonchev–Trinajstić information content (AvgIpc) is 2.38. The second-order valence-electron chi connectivity index (χ2n) is 3.49. The summed E-state index contributed by atoms with van der Waals surface area (Å²) in [5.74, 6) is 0.922. The Kier molecular flexibility index (Phi) is 3.40. The van der Waals surface area contributed by atoms with Crippen LogP contribution in [-0.4, -0.2) is 18.4 Å². The first kappa shape index (κ1) is 11.2. The minimum atomic E-state index is 0.214. The van der Waals surface area contributed by atoms with Gasteiger partial charge in [0.25, 0.3) is 0 Å². The van der Waals surface area contributed by atoms with Gasteiger partial charge in [0.2, 0.25) is 0 Å². The van der Waals surface area contributed by atoms with Crippen LogP contribution in [0.4, 0.5) is 5.69 Å². The lowest BCUT2D eigenvalue weighted by atomic mass is 10.2. The van der Waals surface area contributed by atoms with Crippen molar-refractivity contribution in [1.82, 2.24) is 0 Å². The molecular formula is C14H13NO2. The zero-order valence-corrected chi connectivity index (χ0v) is 9.50. The van der Waals surface area contributed by atoms with Crippen molar-refractivity contribution in [2.75, 3.05) is 7.11 Å². The molecule has 0 amide bonds. The predicted molar refractivity (Wildman–Crippen MR) is 68.4 cm³/mol. The minimum absolute atomic E-state index is 0.214. The van der Waals surface area contributed by atoms with Gasteiger partial charge in [-0.25, -0.2) is 0 Å². The highest BCUT2D eigenvalue weighted by atomic mass is 16.5. The smallest absolute Gasteiger partial charge is 0.144 e. The summed E-state index contributed by atoms with van der Waals surface area (Å²) in [6.07, 6.45) is 1.62.